The average Bonchev–Trinajstić information content (AvgIpc) is 2.89. The molecule has 1 aromatic heterocycles. The van der Waals surface area contributed by atoms with Crippen LogP contribution in [0.3, 0.4) is 0 Å². The predicted molar refractivity (Wildman–Crippen MR) is 131 cm³/mol. The summed E-state index contributed by atoms with van der Waals surface area (Å²) in [6.45, 7) is 4.53. The van der Waals surface area contributed by atoms with E-state index in [9.17, 15) is 18.0 Å². The molecule has 1 saturated heterocycles. The van der Waals surface area contributed by atoms with Gasteiger partial charge in [0, 0.05) is 55.7 Å². The summed E-state index contributed by atoms with van der Waals surface area (Å²) >= 11 is 0. The Morgan fingerprint density at radius 2 is 1.69 bits per heavy atom. The molecule has 0 saturated carbocycles. The fourth-order valence-corrected chi connectivity index (χ4v) is 4.20. The van der Waals surface area contributed by atoms with Crippen molar-refractivity contribution in [3.8, 4) is 11.3 Å². The number of pyridine rings is 1. The number of aromatic nitrogens is 1. The van der Waals surface area contributed by atoms with Crippen LogP contribution < -0.4 is 10.2 Å². The molecule has 0 bridgehead atoms. The van der Waals surface area contributed by atoms with Gasteiger partial charge < -0.3 is 10.2 Å². The highest BCUT2D eigenvalue weighted by atomic mass is 19.4. The summed E-state index contributed by atoms with van der Waals surface area (Å²) in [5.74, 6) is -0.0905. The molecule has 0 spiro atoms. The van der Waals surface area contributed by atoms with E-state index in [4.69, 9.17) is 0 Å². The Morgan fingerprint density at radius 1 is 0.914 bits per heavy atom. The van der Waals surface area contributed by atoms with Crippen molar-refractivity contribution in [2.75, 3.05) is 44.2 Å². The minimum Gasteiger partial charge on any atom is -0.369 e. The number of alkyl halides is 3. The number of hydrogen-bond donors (Lipinski definition) is 1. The van der Waals surface area contributed by atoms with Crippen molar-refractivity contribution < 1.29 is 18.0 Å². The first-order chi connectivity index (χ1) is 16.9. The number of amides is 1. The lowest BCUT2D eigenvalue weighted by atomic mass is 10.1. The third-order valence-electron chi connectivity index (χ3n) is 6.21. The number of unbranched alkanes of at least 4 members (excludes halogenated alkanes) is 1. The Bertz CT molecular complexity index is 1100. The van der Waals surface area contributed by atoms with E-state index in [2.05, 4.69) is 15.2 Å². The van der Waals surface area contributed by atoms with Crippen molar-refractivity contribution in [1.29, 1.82) is 0 Å². The lowest BCUT2D eigenvalue weighted by Gasteiger charge is -2.36. The zero-order valence-electron chi connectivity index (χ0n) is 19.5. The van der Waals surface area contributed by atoms with E-state index in [1.165, 1.54) is 12.1 Å². The second-order valence-corrected chi connectivity index (χ2v) is 8.63. The summed E-state index contributed by atoms with van der Waals surface area (Å²) in [4.78, 5) is 21.0. The molecular weight excluding hydrogens is 453 g/mol. The van der Waals surface area contributed by atoms with Gasteiger partial charge in [0.1, 0.15) is 0 Å². The van der Waals surface area contributed by atoms with E-state index < -0.39 is 11.7 Å². The van der Waals surface area contributed by atoms with Gasteiger partial charge in [0.2, 0.25) is 0 Å². The number of piperazine rings is 1. The van der Waals surface area contributed by atoms with Gasteiger partial charge in [-0.3, -0.25) is 14.7 Å². The van der Waals surface area contributed by atoms with E-state index in [0.29, 0.717) is 30.9 Å². The van der Waals surface area contributed by atoms with Gasteiger partial charge in [-0.05, 0) is 61.9 Å². The maximum atomic E-state index is 13.0. The van der Waals surface area contributed by atoms with Crippen LogP contribution in [0.4, 0.5) is 18.9 Å². The molecule has 0 radical (unpaired) electrons. The normalized spacial score (nSPS) is 14.7. The van der Waals surface area contributed by atoms with Crippen molar-refractivity contribution in [1.82, 2.24) is 15.2 Å². The Morgan fingerprint density at radius 3 is 2.37 bits per heavy atom. The molecule has 3 aromatic rings. The Hall–Kier alpha value is -3.39. The van der Waals surface area contributed by atoms with Gasteiger partial charge in [-0.25, -0.2) is 0 Å². The summed E-state index contributed by atoms with van der Waals surface area (Å²) in [5.41, 5.74) is 2.47. The van der Waals surface area contributed by atoms with Crippen LogP contribution in [0.25, 0.3) is 11.3 Å². The summed E-state index contributed by atoms with van der Waals surface area (Å²) in [6, 6.07) is 18.7. The fourth-order valence-electron chi connectivity index (χ4n) is 4.20. The molecule has 1 amide bonds. The molecule has 1 N–H and O–H groups in total. The number of carbonyl (C=O) groups excluding carboxylic acids is 1. The first-order valence-corrected chi connectivity index (χ1v) is 11.8. The van der Waals surface area contributed by atoms with Crippen molar-refractivity contribution in [3.63, 3.8) is 0 Å². The number of nitrogens with one attached hydrogen (secondary N) is 1. The monoisotopic (exact) mass is 482 g/mol. The Balaban J connectivity index is 1.14. The second kappa shape index (κ2) is 11.4. The lowest BCUT2D eigenvalue weighted by molar-refractivity contribution is -0.137. The third-order valence-corrected chi connectivity index (χ3v) is 6.21. The molecule has 0 aliphatic carbocycles. The molecule has 4 rings (SSSR count). The van der Waals surface area contributed by atoms with E-state index in [1.54, 1.807) is 12.3 Å². The molecule has 35 heavy (non-hydrogen) atoms. The zero-order valence-corrected chi connectivity index (χ0v) is 19.5. The molecule has 1 aliphatic heterocycles. The quantitative estimate of drug-likeness (QED) is 0.454. The van der Waals surface area contributed by atoms with Crippen LogP contribution >= 0.6 is 0 Å². The molecule has 2 heterocycles. The number of nitrogens with zero attached hydrogens (tertiary/aromatic N) is 3. The first kappa shape index (κ1) is 24.7. The predicted octanol–water partition coefficient (Wildman–Crippen LogP) is 5.10. The van der Waals surface area contributed by atoms with Crippen LogP contribution in [-0.2, 0) is 6.18 Å². The van der Waals surface area contributed by atoms with E-state index in [-0.39, 0.29) is 5.91 Å². The number of carbonyl (C=O) groups is 1. The SMILES string of the molecule is O=C(NCCCCN1CCN(c2cccc(C(F)(F)F)c2)CC1)c1ccc(-c2ccccn2)cc1. The van der Waals surface area contributed by atoms with Gasteiger partial charge in [-0.1, -0.05) is 24.3 Å². The van der Waals surface area contributed by atoms with Gasteiger partial charge in [-0.15, -0.1) is 0 Å². The van der Waals surface area contributed by atoms with Crippen LogP contribution in [0.2, 0.25) is 0 Å². The molecule has 1 aliphatic rings. The van der Waals surface area contributed by atoms with Gasteiger partial charge in [-0.2, -0.15) is 13.2 Å². The van der Waals surface area contributed by atoms with Crippen molar-refractivity contribution >= 4 is 11.6 Å². The van der Waals surface area contributed by atoms with Crippen molar-refractivity contribution in [3.05, 3.63) is 84.1 Å². The third kappa shape index (κ3) is 6.82. The van der Waals surface area contributed by atoms with Gasteiger partial charge in [0.15, 0.2) is 0 Å². The smallest absolute Gasteiger partial charge is 0.369 e. The second-order valence-electron chi connectivity index (χ2n) is 8.63. The minimum absolute atomic E-state index is 0.0905. The summed E-state index contributed by atoms with van der Waals surface area (Å²) in [5, 5.41) is 2.97. The van der Waals surface area contributed by atoms with E-state index >= 15 is 0 Å². The molecule has 2 aromatic carbocycles. The maximum Gasteiger partial charge on any atom is 0.416 e. The maximum absolute atomic E-state index is 13.0. The Kier molecular flexibility index (Phi) is 8.02. The average molecular weight is 483 g/mol. The van der Waals surface area contributed by atoms with Gasteiger partial charge in [0.05, 0.1) is 11.3 Å². The summed E-state index contributed by atoms with van der Waals surface area (Å²) < 4.78 is 38.9. The highest BCUT2D eigenvalue weighted by molar-refractivity contribution is 5.94. The number of rotatable bonds is 8. The molecule has 0 unspecified atom stereocenters. The molecule has 0 atom stereocenters. The van der Waals surface area contributed by atoms with Crippen molar-refractivity contribution in [2.45, 2.75) is 19.0 Å². The molecule has 184 valence electrons. The lowest BCUT2D eigenvalue weighted by Crippen LogP contribution is -2.46. The van der Waals surface area contributed by atoms with Crippen LogP contribution in [0.1, 0.15) is 28.8 Å². The molecule has 8 heteroatoms. The largest absolute Gasteiger partial charge is 0.416 e. The van der Waals surface area contributed by atoms with E-state index in [1.807, 2.05) is 47.4 Å². The Labute approximate surface area is 203 Å². The van der Waals surface area contributed by atoms with Crippen molar-refractivity contribution in [2.24, 2.45) is 0 Å². The molecule has 5 nitrogen and oxygen atoms in total. The topological polar surface area (TPSA) is 48.5 Å². The molecular formula is C27H29F3N4O. The van der Waals surface area contributed by atoms with Crippen LogP contribution in [0, 0.1) is 0 Å². The summed E-state index contributed by atoms with van der Waals surface area (Å²) in [6.07, 6.45) is -0.767. The van der Waals surface area contributed by atoms with Gasteiger partial charge in [0.25, 0.3) is 5.91 Å². The van der Waals surface area contributed by atoms with Gasteiger partial charge >= 0.3 is 6.18 Å². The molecule has 1 fully saturated rings. The number of halogens is 3. The van der Waals surface area contributed by atoms with E-state index in [0.717, 1.165) is 49.8 Å². The number of anilines is 1. The number of hydrogen-bond acceptors (Lipinski definition) is 4. The standard InChI is InChI=1S/C27H29F3N4O/c28-27(29,30)23-6-5-7-24(20-23)34-18-16-33(17-19-34)15-4-3-14-32-26(35)22-11-9-21(10-12-22)25-8-1-2-13-31-25/h1-2,5-13,20H,3-4,14-19H2,(H,32,35). The highest BCUT2D eigenvalue weighted by Gasteiger charge is 2.31. The zero-order chi connectivity index (χ0) is 24.7. The number of benzene rings is 2. The van der Waals surface area contributed by atoms with Crippen LogP contribution in [-0.4, -0.2) is 55.1 Å². The van der Waals surface area contributed by atoms with Crippen LogP contribution in [0.15, 0.2) is 72.9 Å². The minimum atomic E-state index is -4.32. The van der Waals surface area contributed by atoms with Crippen LogP contribution in [0.5, 0.6) is 0 Å². The fraction of sp³-hybridized carbons (Fsp3) is 0.333. The summed E-state index contributed by atoms with van der Waals surface area (Å²) in [7, 11) is 0. The first-order valence-electron chi connectivity index (χ1n) is 11.8. The highest BCUT2D eigenvalue weighted by Crippen LogP contribution is 2.31.